The molecule has 0 saturated carbocycles. The van der Waals surface area contributed by atoms with E-state index in [1.54, 1.807) is 18.0 Å². The summed E-state index contributed by atoms with van der Waals surface area (Å²) in [6.45, 7) is 1.93. The molecule has 8 heteroatoms. The molecule has 0 fully saturated rings. The Kier molecular flexibility index (Phi) is 4.66. The fraction of sp³-hybridized carbons (Fsp3) is 0.174. The second-order valence-corrected chi connectivity index (χ2v) is 7.35. The molecule has 2 aromatic heterocycles. The van der Waals surface area contributed by atoms with Crippen LogP contribution in [0.5, 0.6) is 5.75 Å². The second kappa shape index (κ2) is 7.64. The molecule has 0 bridgehead atoms. The molecule has 1 aliphatic rings. The van der Waals surface area contributed by atoms with Crippen molar-refractivity contribution < 1.29 is 9.53 Å². The molecule has 31 heavy (non-hydrogen) atoms. The van der Waals surface area contributed by atoms with Gasteiger partial charge in [0.25, 0.3) is 5.95 Å². The second-order valence-electron chi connectivity index (χ2n) is 7.35. The minimum Gasteiger partial charge on any atom is -0.497 e. The minimum absolute atomic E-state index is 0.0818. The highest BCUT2D eigenvalue weighted by Gasteiger charge is 2.33. The van der Waals surface area contributed by atoms with Gasteiger partial charge in [0.15, 0.2) is 0 Å². The zero-order valence-corrected chi connectivity index (χ0v) is 17.1. The van der Waals surface area contributed by atoms with E-state index in [1.165, 1.54) is 0 Å². The smallest absolute Gasteiger partial charge is 0.272 e. The largest absolute Gasteiger partial charge is 0.497 e. The number of amides is 1. The Hall–Kier alpha value is -4.07. The van der Waals surface area contributed by atoms with Crippen LogP contribution in [0.15, 0.2) is 60.8 Å². The first-order valence-electron chi connectivity index (χ1n) is 9.93. The van der Waals surface area contributed by atoms with Crippen LogP contribution in [0.1, 0.15) is 29.2 Å². The van der Waals surface area contributed by atoms with Crippen LogP contribution in [-0.4, -0.2) is 38.0 Å². The third-order valence-corrected chi connectivity index (χ3v) is 5.43. The lowest BCUT2D eigenvalue weighted by atomic mass is 9.86. The number of methoxy groups -OCH3 is 1. The van der Waals surface area contributed by atoms with Crippen molar-refractivity contribution in [3.05, 3.63) is 77.6 Å². The quantitative estimate of drug-likeness (QED) is 0.551. The molecule has 0 radical (unpaired) electrons. The summed E-state index contributed by atoms with van der Waals surface area (Å²) in [6, 6.07) is 17.5. The summed E-state index contributed by atoms with van der Waals surface area (Å²) in [5.41, 5.74) is 4.40. The van der Waals surface area contributed by atoms with Crippen molar-refractivity contribution in [3.63, 3.8) is 0 Å². The monoisotopic (exact) mass is 412 g/mol. The van der Waals surface area contributed by atoms with Crippen molar-refractivity contribution in [2.24, 2.45) is 0 Å². The molecule has 1 N–H and O–H groups in total. The van der Waals surface area contributed by atoms with E-state index in [1.807, 2.05) is 61.5 Å². The van der Waals surface area contributed by atoms with Crippen molar-refractivity contribution in [1.82, 2.24) is 25.0 Å². The zero-order chi connectivity index (χ0) is 21.4. The molecule has 3 heterocycles. The van der Waals surface area contributed by atoms with E-state index in [2.05, 4.69) is 25.6 Å². The Morgan fingerprint density at radius 2 is 1.87 bits per heavy atom. The van der Waals surface area contributed by atoms with Crippen LogP contribution in [-0.2, 0) is 4.79 Å². The Balaban J connectivity index is 1.60. The Morgan fingerprint density at radius 3 is 2.61 bits per heavy atom. The lowest BCUT2D eigenvalue weighted by molar-refractivity contribution is -0.116. The van der Waals surface area contributed by atoms with Gasteiger partial charge in [-0.25, -0.2) is 4.98 Å². The molecule has 1 amide bonds. The maximum absolute atomic E-state index is 12.6. The number of nitrogens with one attached hydrogen (secondary N) is 1. The van der Waals surface area contributed by atoms with Crippen LogP contribution in [0.4, 0.5) is 5.82 Å². The lowest BCUT2D eigenvalue weighted by Gasteiger charge is -2.24. The molecule has 5 rings (SSSR count). The van der Waals surface area contributed by atoms with Gasteiger partial charge in [-0.2, -0.15) is 14.9 Å². The van der Waals surface area contributed by atoms with Gasteiger partial charge in [-0.3, -0.25) is 4.79 Å². The molecule has 0 unspecified atom stereocenters. The summed E-state index contributed by atoms with van der Waals surface area (Å²) in [5, 5.41) is 15.9. The van der Waals surface area contributed by atoms with Crippen LogP contribution < -0.4 is 10.1 Å². The van der Waals surface area contributed by atoms with Crippen LogP contribution in [0.3, 0.4) is 0 Å². The summed E-state index contributed by atoms with van der Waals surface area (Å²) >= 11 is 0. The lowest BCUT2D eigenvalue weighted by Crippen LogP contribution is -2.25. The van der Waals surface area contributed by atoms with Crippen molar-refractivity contribution in [1.29, 1.82) is 0 Å². The first kappa shape index (κ1) is 18.9. The average Bonchev–Trinajstić information content (AvgIpc) is 3.15. The maximum Gasteiger partial charge on any atom is 0.272 e. The van der Waals surface area contributed by atoms with Gasteiger partial charge in [0.1, 0.15) is 11.6 Å². The summed E-state index contributed by atoms with van der Waals surface area (Å²) in [6.07, 6.45) is 1.95. The zero-order valence-electron chi connectivity index (χ0n) is 17.1. The van der Waals surface area contributed by atoms with Crippen molar-refractivity contribution in [2.45, 2.75) is 19.3 Å². The third-order valence-electron chi connectivity index (χ3n) is 5.43. The van der Waals surface area contributed by atoms with E-state index in [-0.39, 0.29) is 11.8 Å². The molecule has 0 aliphatic carbocycles. The van der Waals surface area contributed by atoms with Crippen molar-refractivity contribution in [3.8, 4) is 23.0 Å². The summed E-state index contributed by atoms with van der Waals surface area (Å²) in [5.74, 6) is 1.46. The number of rotatable bonds is 4. The van der Waals surface area contributed by atoms with Gasteiger partial charge in [-0.15, -0.1) is 5.10 Å². The fourth-order valence-electron chi connectivity index (χ4n) is 3.94. The number of ether oxygens (including phenoxy) is 1. The first-order valence-corrected chi connectivity index (χ1v) is 9.93. The highest BCUT2D eigenvalue weighted by Crippen LogP contribution is 2.40. The predicted molar refractivity (Wildman–Crippen MR) is 115 cm³/mol. The molecule has 1 atom stereocenters. The number of carbonyl (C=O) groups excluding carboxylic acids is 1. The third kappa shape index (κ3) is 3.42. The molecule has 8 nitrogen and oxygen atoms in total. The SMILES string of the molecule is COc1ccc([C@@H]2CC(=O)Nc3c2c(C)nn3-c2nncc(-c3ccccc3)n2)cc1. The number of benzene rings is 2. The number of anilines is 1. The Labute approximate surface area is 178 Å². The number of nitrogens with zero attached hydrogens (tertiary/aromatic N) is 5. The standard InChI is InChI=1S/C23H20N6O2/c1-14-21-18(15-8-10-17(31-2)11-9-15)12-20(30)26-22(21)29(28-14)23-25-19(13-24-27-23)16-6-4-3-5-7-16/h3-11,13,18H,12H2,1-2H3,(H,26,30)/t18-/m0/s1. The average molecular weight is 412 g/mol. The van der Waals surface area contributed by atoms with Crippen LogP contribution in [0, 0.1) is 6.92 Å². The summed E-state index contributed by atoms with van der Waals surface area (Å²) < 4.78 is 6.83. The molecule has 0 spiro atoms. The van der Waals surface area contributed by atoms with Crippen LogP contribution in [0.25, 0.3) is 17.2 Å². The summed E-state index contributed by atoms with van der Waals surface area (Å²) in [4.78, 5) is 17.2. The topological polar surface area (TPSA) is 94.8 Å². The molecule has 154 valence electrons. The van der Waals surface area contributed by atoms with Gasteiger partial charge in [0.2, 0.25) is 5.91 Å². The fourth-order valence-corrected chi connectivity index (χ4v) is 3.94. The van der Waals surface area contributed by atoms with Crippen LogP contribution >= 0.6 is 0 Å². The molecule has 0 saturated heterocycles. The molecule has 1 aliphatic heterocycles. The Morgan fingerprint density at radius 1 is 1.10 bits per heavy atom. The van der Waals surface area contributed by atoms with Crippen molar-refractivity contribution in [2.75, 3.05) is 12.4 Å². The maximum atomic E-state index is 12.6. The van der Waals surface area contributed by atoms with Gasteiger partial charge in [-0.1, -0.05) is 42.5 Å². The van der Waals surface area contributed by atoms with E-state index in [0.29, 0.717) is 23.9 Å². The molecule has 4 aromatic rings. The number of aromatic nitrogens is 5. The van der Waals surface area contributed by atoms with Gasteiger partial charge in [0.05, 0.1) is 24.7 Å². The minimum atomic E-state index is -0.117. The highest BCUT2D eigenvalue weighted by atomic mass is 16.5. The molecular formula is C23H20N6O2. The molecule has 2 aromatic carbocycles. The number of carbonyl (C=O) groups is 1. The van der Waals surface area contributed by atoms with Gasteiger partial charge < -0.3 is 10.1 Å². The highest BCUT2D eigenvalue weighted by molar-refractivity contribution is 5.95. The van der Waals surface area contributed by atoms with E-state index in [4.69, 9.17) is 4.74 Å². The number of hydrogen-bond donors (Lipinski definition) is 1. The van der Waals surface area contributed by atoms with E-state index in [0.717, 1.165) is 28.1 Å². The molecular weight excluding hydrogens is 392 g/mol. The number of aryl methyl sites for hydroxylation is 1. The first-order chi connectivity index (χ1) is 15.1. The van der Waals surface area contributed by atoms with Gasteiger partial charge in [0, 0.05) is 23.5 Å². The van der Waals surface area contributed by atoms with Gasteiger partial charge in [-0.05, 0) is 24.6 Å². The van der Waals surface area contributed by atoms with Crippen LogP contribution in [0.2, 0.25) is 0 Å². The van der Waals surface area contributed by atoms with E-state index in [9.17, 15) is 4.79 Å². The predicted octanol–water partition coefficient (Wildman–Crippen LogP) is 3.52. The Bertz CT molecular complexity index is 1250. The number of fused-ring (bicyclic) bond motifs is 1. The van der Waals surface area contributed by atoms with E-state index < -0.39 is 0 Å². The van der Waals surface area contributed by atoms with Gasteiger partial charge >= 0.3 is 0 Å². The summed E-state index contributed by atoms with van der Waals surface area (Å²) in [7, 11) is 1.63. The normalized spacial score (nSPS) is 15.3. The van der Waals surface area contributed by atoms with Crippen molar-refractivity contribution >= 4 is 11.7 Å². The van der Waals surface area contributed by atoms with E-state index >= 15 is 0 Å². The number of hydrogen-bond acceptors (Lipinski definition) is 6.